The molecule has 102 valence electrons. The highest BCUT2D eigenvalue weighted by Crippen LogP contribution is 2.43. The molecule has 0 aromatic carbocycles. The van der Waals surface area contributed by atoms with Gasteiger partial charge >= 0.3 is 0 Å². The van der Waals surface area contributed by atoms with Crippen molar-refractivity contribution in [1.82, 2.24) is 0 Å². The molecule has 0 saturated heterocycles. The molecule has 0 radical (unpaired) electrons. The fourth-order valence-electron chi connectivity index (χ4n) is 4.93. The monoisotopic (exact) mass is 248 g/mol. The Morgan fingerprint density at radius 1 is 0.611 bits per heavy atom. The van der Waals surface area contributed by atoms with Gasteiger partial charge in [0.25, 0.3) is 0 Å². The van der Waals surface area contributed by atoms with Crippen LogP contribution >= 0.6 is 0 Å². The van der Waals surface area contributed by atoms with Crippen LogP contribution in [0.15, 0.2) is 0 Å². The zero-order valence-electron chi connectivity index (χ0n) is 11.7. The number of carbonyl (C=O) groups excluding carboxylic acids is 1. The normalized spacial score (nSPS) is 42.1. The van der Waals surface area contributed by atoms with Crippen LogP contribution in [-0.4, -0.2) is 5.78 Å². The summed E-state index contributed by atoms with van der Waals surface area (Å²) in [7, 11) is 0. The van der Waals surface area contributed by atoms with Gasteiger partial charge in [-0.1, -0.05) is 25.7 Å². The lowest BCUT2D eigenvalue weighted by Crippen LogP contribution is -2.24. The first-order chi connectivity index (χ1) is 8.79. The van der Waals surface area contributed by atoms with E-state index in [1.807, 2.05) is 0 Å². The van der Waals surface area contributed by atoms with Crippen molar-refractivity contribution in [3.05, 3.63) is 0 Å². The molecule has 3 aliphatic rings. The number of ketones is 1. The van der Waals surface area contributed by atoms with Crippen molar-refractivity contribution in [3.63, 3.8) is 0 Å². The maximum Gasteiger partial charge on any atom is 0.132 e. The van der Waals surface area contributed by atoms with E-state index in [2.05, 4.69) is 0 Å². The summed E-state index contributed by atoms with van der Waals surface area (Å²) in [5, 5.41) is 0. The molecule has 4 bridgehead atoms. The van der Waals surface area contributed by atoms with Gasteiger partial charge in [0.05, 0.1) is 0 Å². The van der Waals surface area contributed by atoms with E-state index in [1.54, 1.807) is 0 Å². The van der Waals surface area contributed by atoms with E-state index < -0.39 is 0 Å². The Bertz CT molecular complexity index is 270. The molecule has 0 spiro atoms. The quantitative estimate of drug-likeness (QED) is 0.605. The molecular weight excluding hydrogens is 220 g/mol. The van der Waals surface area contributed by atoms with Crippen molar-refractivity contribution < 1.29 is 4.79 Å². The van der Waals surface area contributed by atoms with Gasteiger partial charge in [-0.2, -0.15) is 0 Å². The maximum absolute atomic E-state index is 11.8. The molecule has 4 atom stereocenters. The highest BCUT2D eigenvalue weighted by Gasteiger charge is 2.31. The molecule has 0 unspecified atom stereocenters. The molecule has 3 saturated carbocycles. The summed E-state index contributed by atoms with van der Waals surface area (Å²) in [4.78, 5) is 11.8. The second kappa shape index (κ2) is 5.75. The van der Waals surface area contributed by atoms with Crippen LogP contribution in [0.3, 0.4) is 0 Å². The molecule has 0 aromatic heterocycles. The first-order valence-electron chi connectivity index (χ1n) is 8.31. The van der Waals surface area contributed by atoms with Crippen molar-refractivity contribution in [1.29, 1.82) is 0 Å². The molecular formula is C17H28O. The number of hydrogen-bond acceptors (Lipinski definition) is 1. The third kappa shape index (κ3) is 3.16. The van der Waals surface area contributed by atoms with E-state index in [1.165, 1.54) is 64.2 Å². The number of rotatable bonds is 0. The van der Waals surface area contributed by atoms with Gasteiger partial charge in [-0.3, -0.25) is 4.79 Å². The van der Waals surface area contributed by atoms with Crippen LogP contribution in [0.4, 0.5) is 0 Å². The Kier molecular flexibility index (Phi) is 4.06. The van der Waals surface area contributed by atoms with Crippen LogP contribution in [0, 0.1) is 23.7 Å². The fraction of sp³-hybridized carbons (Fsp3) is 0.941. The number of Topliss-reactive ketones (excluding diaryl/α,β-unsaturated/α-hetero) is 1. The highest BCUT2D eigenvalue weighted by molar-refractivity contribution is 5.78. The first-order valence-corrected chi connectivity index (χ1v) is 8.31. The van der Waals surface area contributed by atoms with Gasteiger partial charge in [0.15, 0.2) is 0 Å². The lowest BCUT2D eigenvalue weighted by atomic mass is 9.71. The van der Waals surface area contributed by atoms with Crippen molar-refractivity contribution in [3.8, 4) is 0 Å². The number of hydrogen-bond donors (Lipinski definition) is 0. The zero-order valence-corrected chi connectivity index (χ0v) is 11.7. The van der Waals surface area contributed by atoms with Crippen LogP contribution in [0.25, 0.3) is 0 Å². The van der Waals surface area contributed by atoms with E-state index in [4.69, 9.17) is 0 Å². The molecule has 3 rings (SSSR count). The van der Waals surface area contributed by atoms with Crippen LogP contribution < -0.4 is 0 Å². The largest absolute Gasteiger partial charge is 0.300 e. The van der Waals surface area contributed by atoms with Gasteiger partial charge in [0.1, 0.15) is 5.78 Å². The summed E-state index contributed by atoms with van der Waals surface area (Å²) < 4.78 is 0. The number of carbonyl (C=O) groups is 1. The van der Waals surface area contributed by atoms with Crippen molar-refractivity contribution >= 4 is 5.78 Å². The first kappa shape index (κ1) is 12.7. The van der Waals surface area contributed by atoms with E-state index in [9.17, 15) is 4.79 Å². The summed E-state index contributed by atoms with van der Waals surface area (Å²) in [6.07, 6.45) is 15.9. The second-order valence-electron chi connectivity index (χ2n) is 7.31. The van der Waals surface area contributed by atoms with Gasteiger partial charge in [0, 0.05) is 12.8 Å². The molecule has 0 heterocycles. The third-order valence-electron chi connectivity index (χ3n) is 5.80. The number of fused-ring (bicyclic) bond motifs is 4. The summed E-state index contributed by atoms with van der Waals surface area (Å²) in [6.45, 7) is 0. The summed E-state index contributed by atoms with van der Waals surface area (Å²) >= 11 is 0. The third-order valence-corrected chi connectivity index (χ3v) is 5.80. The Morgan fingerprint density at radius 3 is 1.44 bits per heavy atom. The smallest absolute Gasteiger partial charge is 0.132 e. The average Bonchev–Trinajstić information content (AvgIpc) is 2.55. The lowest BCUT2D eigenvalue weighted by molar-refractivity contribution is -0.120. The van der Waals surface area contributed by atoms with E-state index in [0.29, 0.717) is 5.78 Å². The standard InChI is InChI=1S/C17H28O/c18-17-7-5-15-10-13-3-1-2-4-14(9-13)11-16(12-15)6-8-17/h13-16H,1-12H2/t13-,14-,15-,16-/m0/s1. The predicted octanol–water partition coefficient (Wildman–Crippen LogP) is 4.74. The highest BCUT2D eigenvalue weighted by atomic mass is 16.1. The van der Waals surface area contributed by atoms with Gasteiger partial charge in [-0.15, -0.1) is 0 Å². The summed E-state index contributed by atoms with van der Waals surface area (Å²) in [5.74, 6) is 4.30. The SMILES string of the molecule is O=C1CC[C@H]2C[C@H]3CCCC[C@@H](C3)C[C@H](CC1)C2. The molecule has 0 N–H and O–H groups in total. The molecule has 3 fully saturated rings. The zero-order chi connectivity index (χ0) is 12.4. The Hall–Kier alpha value is -0.330. The molecule has 0 aromatic rings. The molecule has 1 heteroatoms. The molecule has 18 heavy (non-hydrogen) atoms. The predicted molar refractivity (Wildman–Crippen MR) is 74.4 cm³/mol. The molecule has 0 aliphatic heterocycles. The summed E-state index contributed by atoms with van der Waals surface area (Å²) in [5.41, 5.74) is 0. The second-order valence-corrected chi connectivity index (χ2v) is 7.31. The molecule has 1 nitrogen and oxygen atoms in total. The Morgan fingerprint density at radius 2 is 1.00 bits per heavy atom. The van der Waals surface area contributed by atoms with Crippen molar-refractivity contribution in [2.75, 3.05) is 0 Å². The maximum atomic E-state index is 11.8. The Balaban J connectivity index is 1.73. The van der Waals surface area contributed by atoms with Gasteiger partial charge < -0.3 is 0 Å². The van der Waals surface area contributed by atoms with E-state index in [0.717, 1.165) is 36.5 Å². The van der Waals surface area contributed by atoms with Crippen LogP contribution in [0.2, 0.25) is 0 Å². The molecule has 0 amide bonds. The van der Waals surface area contributed by atoms with Crippen LogP contribution in [0.5, 0.6) is 0 Å². The topological polar surface area (TPSA) is 17.1 Å². The van der Waals surface area contributed by atoms with E-state index in [-0.39, 0.29) is 0 Å². The van der Waals surface area contributed by atoms with Crippen molar-refractivity contribution in [2.45, 2.75) is 77.0 Å². The van der Waals surface area contributed by atoms with Gasteiger partial charge in [0.2, 0.25) is 0 Å². The van der Waals surface area contributed by atoms with Gasteiger partial charge in [-0.25, -0.2) is 0 Å². The summed E-state index contributed by atoms with van der Waals surface area (Å²) in [6, 6.07) is 0. The average molecular weight is 248 g/mol. The van der Waals surface area contributed by atoms with Crippen LogP contribution in [0.1, 0.15) is 77.0 Å². The van der Waals surface area contributed by atoms with Crippen LogP contribution in [-0.2, 0) is 4.79 Å². The lowest BCUT2D eigenvalue weighted by Gasteiger charge is -2.34. The minimum Gasteiger partial charge on any atom is -0.300 e. The van der Waals surface area contributed by atoms with Gasteiger partial charge in [-0.05, 0) is 62.2 Å². The fourth-order valence-corrected chi connectivity index (χ4v) is 4.93. The minimum absolute atomic E-state index is 0.549. The minimum atomic E-state index is 0.549. The van der Waals surface area contributed by atoms with E-state index >= 15 is 0 Å². The Labute approximate surface area is 112 Å². The van der Waals surface area contributed by atoms with Crippen molar-refractivity contribution in [2.24, 2.45) is 23.7 Å². The molecule has 3 aliphatic carbocycles.